The topological polar surface area (TPSA) is 77.8 Å². The van der Waals surface area contributed by atoms with Gasteiger partial charge in [0.2, 0.25) is 0 Å². The first kappa shape index (κ1) is 11.8. The van der Waals surface area contributed by atoms with E-state index in [1.807, 2.05) is 0 Å². The number of hydrogen-bond acceptors (Lipinski definition) is 3. The molecule has 3 N–H and O–H groups in total. The average Bonchev–Trinajstić information content (AvgIpc) is 1.94. The van der Waals surface area contributed by atoms with Gasteiger partial charge in [0.25, 0.3) is 0 Å². The van der Waals surface area contributed by atoms with Crippen molar-refractivity contribution in [2.45, 2.75) is 0 Å². The van der Waals surface area contributed by atoms with Crippen molar-refractivity contribution >= 4 is 51.5 Å². The molecule has 0 atom stereocenters. The Balaban J connectivity index is 0.00000121. The molecule has 0 bridgehead atoms. The molecule has 0 amide bonds. The summed E-state index contributed by atoms with van der Waals surface area (Å²) in [7, 11) is 0. The zero-order valence-corrected chi connectivity index (χ0v) is 5.48. The van der Waals surface area contributed by atoms with Crippen molar-refractivity contribution in [1.29, 1.82) is 0 Å². The van der Waals surface area contributed by atoms with E-state index in [9.17, 15) is 4.79 Å². The Morgan fingerprint density at radius 3 is 2.25 bits per heavy atom. The molecule has 0 saturated heterocycles. The molecular formula is C7H8O4Sr. The van der Waals surface area contributed by atoms with Crippen molar-refractivity contribution in [1.82, 2.24) is 0 Å². The van der Waals surface area contributed by atoms with Crippen LogP contribution in [0.3, 0.4) is 0 Å². The predicted molar refractivity (Wildman–Crippen MR) is 45.3 cm³/mol. The van der Waals surface area contributed by atoms with Crippen molar-refractivity contribution in [3.8, 4) is 11.5 Å². The number of carbonyl (C=O) groups is 1. The van der Waals surface area contributed by atoms with Gasteiger partial charge >= 0.3 is 51.5 Å². The van der Waals surface area contributed by atoms with Crippen molar-refractivity contribution in [3.63, 3.8) is 0 Å². The molecule has 1 aromatic rings. The van der Waals surface area contributed by atoms with Crippen LogP contribution in [0, 0.1) is 0 Å². The summed E-state index contributed by atoms with van der Waals surface area (Å²) >= 11 is 0. The Morgan fingerprint density at radius 1 is 1.25 bits per heavy atom. The number of hydrogen-bond donors (Lipinski definition) is 3. The Morgan fingerprint density at radius 2 is 1.83 bits per heavy atom. The van der Waals surface area contributed by atoms with Gasteiger partial charge < -0.3 is 15.3 Å². The predicted octanol–water partition coefficient (Wildman–Crippen LogP) is -0.120. The van der Waals surface area contributed by atoms with Crippen LogP contribution < -0.4 is 0 Å². The van der Waals surface area contributed by atoms with E-state index < -0.39 is 5.97 Å². The Labute approximate surface area is 106 Å². The van der Waals surface area contributed by atoms with Gasteiger partial charge in [-0.3, -0.25) is 0 Å². The molecule has 1 rings (SSSR count). The summed E-state index contributed by atoms with van der Waals surface area (Å²) in [6.07, 6.45) is 0. The second kappa shape index (κ2) is 4.71. The molecule has 5 heteroatoms. The first-order valence-electron chi connectivity index (χ1n) is 2.86. The van der Waals surface area contributed by atoms with Crippen LogP contribution in [0.15, 0.2) is 18.2 Å². The number of rotatable bonds is 1. The summed E-state index contributed by atoms with van der Waals surface area (Å²) in [6.45, 7) is 0. The molecule has 0 spiro atoms. The standard InChI is InChI=1S/C7H6O4.Sr.2H/c8-4-1-2-6(9)5(3-4)7(10)11;;;/h1-3,8-9H,(H,10,11);;;. The zero-order chi connectivity index (χ0) is 8.43. The van der Waals surface area contributed by atoms with E-state index in [-0.39, 0.29) is 62.5 Å². The van der Waals surface area contributed by atoms with Gasteiger partial charge in [-0.25, -0.2) is 4.79 Å². The summed E-state index contributed by atoms with van der Waals surface area (Å²) in [5.74, 6) is -1.80. The van der Waals surface area contributed by atoms with Crippen molar-refractivity contribution in [2.75, 3.05) is 0 Å². The molecule has 0 aliphatic rings. The normalized spacial score (nSPS) is 8.67. The van der Waals surface area contributed by atoms with E-state index in [1.165, 1.54) is 6.07 Å². The van der Waals surface area contributed by atoms with Gasteiger partial charge in [-0.05, 0) is 18.2 Å². The monoisotopic (exact) mass is 244 g/mol. The quantitative estimate of drug-likeness (QED) is 0.475. The molecule has 0 aliphatic carbocycles. The first-order chi connectivity index (χ1) is 5.11. The molecule has 0 fully saturated rings. The summed E-state index contributed by atoms with van der Waals surface area (Å²) in [5.41, 5.74) is -0.301. The molecule has 1 aromatic carbocycles. The van der Waals surface area contributed by atoms with Gasteiger partial charge in [0, 0.05) is 0 Å². The van der Waals surface area contributed by atoms with Crippen LogP contribution >= 0.6 is 0 Å². The van der Waals surface area contributed by atoms with Crippen LogP contribution in [0.4, 0.5) is 0 Å². The third-order valence-corrected chi connectivity index (χ3v) is 1.21. The number of phenolic OH excluding ortho intramolecular Hbond substituents is 1. The fourth-order valence-electron chi connectivity index (χ4n) is 0.695. The fraction of sp³-hybridized carbons (Fsp3) is 0. The van der Waals surface area contributed by atoms with E-state index in [4.69, 9.17) is 15.3 Å². The number of aromatic carboxylic acids is 1. The summed E-state index contributed by atoms with van der Waals surface area (Å²) < 4.78 is 0. The first-order valence-corrected chi connectivity index (χ1v) is 2.86. The number of phenols is 2. The Hall–Kier alpha value is -0.229. The van der Waals surface area contributed by atoms with Crippen LogP contribution in [-0.2, 0) is 0 Å². The molecular weight excluding hydrogens is 236 g/mol. The molecule has 4 nitrogen and oxygen atoms in total. The van der Waals surface area contributed by atoms with Crippen LogP contribution in [0.5, 0.6) is 11.5 Å². The maximum absolute atomic E-state index is 10.3. The summed E-state index contributed by atoms with van der Waals surface area (Å²) in [5, 5.41) is 26.1. The van der Waals surface area contributed by atoms with Gasteiger partial charge in [-0.15, -0.1) is 0 Å². The van der Waals surface area contributed by atoms with Crippen molar-refractivity contribution in [3.05, 3.63) is 23.8 Å². The molecule has 0 radical (unpaired) electrons. The molecule has 0 unspecified atom stereocenters. The van der Waals surface area contributed by atoms with Crippen LogP contribution in [0.1, 0.15) is 10.4 Å². The van der Waals surface area contributed by atoms with E-state index in [1.54, 1.807) is 0 Å². The summed E-state index contributed by atoms with van der Waals surface area (Å²) in [4.78, 5) is 10.3. The summed E-state index contributed by atoms with van der Waals surface area (Å²) in [6, 6.07) is 3.32. The Kier molecular flexibility index (Phi) is 4.62. The van der Waals surface area contributed by atoms with Crippen LogP contribution in [0.2, 0.25) is 0 Å². The van der Waals surface area contributed by atoms with E-state index >= 15 is 0 Å². The molecule has 12 heavy (non-hydrogen) atoms. The van der Waals surface area contributed by atoms with Gasteiger partial charge in [0.05, 0.1) is 0 Å². The molecule has 0 heterocycles. The molecule has 0 aromatic heterocycles. The van der Waals surface area contributed by atoms with Gasteiger partial charge in [0.15, 0.2) is 0 Å². The number of benzene rings is 1. The van der Waals surface area contributed by atoms with Crippen LogP contribution in [0.25, 0.3) is 0 Å². The van der Waals surface area contributed by atoms with Gasteiger partial charge in [0.1, 0.15) is 17.1 Å². The SMILES string of the molecule is O=C(O)c1cc(O)ccc1O.[SrH2]. The van der Waals surface area contributed by atoms with E-state index in [0.29, 0.717) is 0 Å². The molecule has 62 valence electrons. The second-order valence-corrected chi connectivity index (χ2v) is 2.01. The third-order valence-electron chi connectivity index (χ3n) is 1.21. The minimum atomic E-state index is -1.27. The number of aromatic hydroxyl groups is 2. The van der Waals surface area contributed by atoms with Crippen molar-refractivity contribution in [2.24, 2.45) is 0 Å². The molecule has 0 aliphatic heterocycles. The van der Waals surface area contributed by atoms with E-state index in [2.05, 4.69) is 0 Å². The number of carboxylic acids is 1. The Bertz CT molecular complexity index is 297. The van der Waals surface area contributed by atoms with Gasteiger partial charge in [-0.1, -0.05) is 0 Å². The van der Waals surface area contributed by atoms with Crippen LogP contribution in [-0.4, -0.2) is 66.8 Å². The third kappa shape index (κ3) is 2.67. The average molecular weight is 244 g/mol. The van der Waals surface area contributed by atoms with Gasteiger partial charge in [-0.2, -0.15) is 0 Å². The number of carboxylic acid groups (broad SMARTS) is 1. The molecule has 0 saturated carbocycles. The van der Waals surface area contributed by atoms with Crippen molar-refractivity contribution < 1.29 is 20.1 Å². The minimum absolute atomic E-state index is 0. The maximum atomic E-state index is 10.3. The second-order valence-electron chi connectivity index (χ2n) is 2.01. The van der Waals surface area contributed by atoms with E-state index in [0.717, 1.165) is 12.1 Å². The fourth-order valence-corrected chi connectivity index (χ4v) is 0.695. The zero-order valence-electron chi connectivity index (χ0n) is 5.48.